The monoisotopic (exact) mass is 324 g/mol. The molecule has 2 heterocycles. The highest BCUT2D eigenvalue weighted by atomic mass is 32.1. The largest absolute Gasteiger partial charge is 0.466 e. The van der Waals surface area contributed by atoms with Crippen molar-refractivity contribution in [1.82, 2.24) is 4.98 Å². The topological polar surface area (TPSA) is 51.2 Å². The van der Waals surface area contributed by atoms with E-state index >= 15 is 0 Å². The van der Waals surface area contributed by atoms with Crippen LogP contribution in [0.3, 0.4) is 0 Å². The molecule has 6 heteroatoms. The summed E-state index contributed by atoms with van der Waals surface area (Å²) in [6.07, 6.45) is 2.41. The number of hydrogen-bond acceptors (Lipinski definition) is 6. The summed E-state index contributed by atoms with van der Waals surface area (Å²) < 4.78 is 4.94. The van der Waals surface area contributed by atoms with Crippen molar-refractivity contribution in [3.63, 3.8) is 0 Å². The first-order chi connectivity index (χ1) is 10.2. The molecule has 0 amide bonds. The second-order valence-electron chi connectivity index (χ2n) is 4.63. The molecule has 0 fully saturated rings. The van der Waals surface area contributed by atoms with Crippen molar-refractivity contribution < 1.29 is 9.53 Å². The van der Waals surface area contributed by atoms with E-state index in [1.807, 2.05) is 12.3 Å². The van der Waals surface area contributed by atoms with E-state index in [4.69, 9.17) is 4.74 Å². The van der Waals surface area contributed by atoms with Crippen LogP contribution in [0, 0.1) is 0 Å². The van der Waals surface area contributed by atoms with Crippen molar-refractivity contribution >= 4 is 33.8 Å². The number of nitrogens with one attached hydrogen (secondary N) is 1. The fourth-order valence-electron chi connectivity index (χ4n) is 2.03. The van der Waals surface area contributed by atoms with Gasteiger partial charge in [-0.05, 0) is 24.8 Å². The minimum absolute atomic E-state index is 0.224. The second-order valence-corrected chi connectivity index (χ2v) is 6.46. The van der Waals surface area contributed by atoms with E-state index in [0.717, 1.165) is 23.7 Å². The van der Waals surface area contributed by atoms with E-state index in [-0.39, 0.29) is 18.4 Å². The normalized spacial score (nSPS) is 12.1. The Kier molecular flexibility index (Phi) is 6.20. The van der Waals surface area contributed by atoms with Gasteiger partial charge < -0.3 is 10.1 Å². The molecule has 1 N–H and O–H groups in total. The Morgan fingerprint density at radius 3 is 2.95 bits per heavy atom. The highest BCUT2D eigenvalue weighted by Crippen LogP contribution is 2.29. The molecule has 0 aliphatic heterocycles. The lowest BCUT2D eigenvalue weighted by atomic mass is 10.1. The van der Waals surface area contributed by atoms with Crippen molar-refractivity contribution in [3.8, 4) is 0 Å². The molecule has 0 aromatic carbocycles. The molecule has 2 aromatic heterocycles. The van der Waals surface area contributed by atoms with Crippen LogP contribution in [0.4, 0.5) is 5.13 Å². The number of aromatic nitrogens is 1. The fourth-order valence-corrected chi connectivity index (χ4v) is 3.60. The third-order valence-corrected chi connectivity index (χ3v) is 4.75. The van der Waals surface area contributed by atoms with Crippen molar-refractivity contribution in [2.75, 3.05) is 11.9 Å². The number of anilines is 1. The summed E-state index contributed by atoms with van der Waals surface area (Å²) in [4.78, 5) is 17.3. The number of carbonyl (C=O) groups is 1. The first-order valence-corrected chi connectivity index (χ1v) is 8.88. The van der Waals surface area contributed by atoms with Crippen LogP contribution in [0.5, 0.6) is 0 Å². The average Bonchev–Trinajstić information content (AvgIpc) is 3.10. The maximum absolute atomic E-state index is 11.5. The van der Waals surface area contributed by atoms with E-state index in [1.54, 1.807) is 11.3 Å². The molecular formula is C15H20N2O2S2. The molecule has 2 aromatic rings. The Labute approximate surface area is 133 Å². The van der Waals surface area contributed by atoms with Gasteiger partial charge in [0.15, 0.2) is 5.13 Å². The van der Waals surface area contributed by atoms with Crippen LogP contribution in [-0.4, -0.2) is 17.6 Å². The molecule has 0 aliphatic carbocycles. The predicted octanol–water partition coefficient (Wildman–Crippen LogP) is 4.26. The van der Waals surface area contributed by atoms with E-state index in [0.29, 0.717) is 6.61 Å². The van der Waals surface area contributed by atoms with Crippen LogP contribution in [0.1, 0.15) is 43.3 Å². The molecule has 2 rings (SSSR count). The fraction of sp³-hybridized carbons (Fsp3) is 0.467. The quantitative estimate of drug-likeness (QED) is 0.737. The number of esters is 1. The lowest BCUT2D eigenvalue weighted by Crippen LogP contribution is -2.10. The van der Waals surface area contributed by atoms with E-state index < -0.39 is 0 Å². The van der Waals surface area contributed by atoms with E-state index in [1.165, 1.54) is 16.2 Å². The number of carbonyl (C=O) groups excluding carboxylic acids is 1. The van der Waals surface area contributed by atoms with Gasteiger partial charge in [-0.2, -0.15) is 0 Å². The number of rotatable bonds is 8. The number of thiazole rings is 1. The van der Waals surface area contributed by atoms with Crippen LogP contribution in [0.25, 0.3) is 0 Å². The minimum Gasteiger partial charge on any atom is -0.466 e. The molecule has 114 valence electrons. The van der Waals surface area contributed by atoms with Crippen molar-refractivity contribution in [2.45, 2.75) is 39.2 Å². The Morgan fingerprint density at radius 1 is 1.43 bits per heavy atom. The third-order valence-electron chi connectivity index (χ3n) is 2.94. The number of nitrogens with zero attached hydrogens (tertiary/aromatic N) is 1. The summed E-state index contributed by atoms with van der Waals surface area (Å²) in [6.45, 7) is 4.39. The maximum Gasteiger partial charge on any atom is 0.311 e. The zero-order valence-corrected chi connectivity index (χ0v) is 13.9. The van der Waals surface area contributed by atoms with Gasteiger partial charge in [-0.1, -0.05) is 19.4 Å². The molecule has 0 saturated heterocycles. The van der Waals surface area contributed by atoms with Gasteiger partial charge in [0.25, 0.3) is 0 Å². The number of hydrogen-bond donors (Lipinski definition) is 1. The van der Waals surface area contributed by atoms with Crippen LogP contribution in [-0.2, 0) is 16.0 Å². The zero-order chi connectivity index (χ0) is 15.1. The predicted molar refractivity (Wildman–Crippen MR) is 88.0 cm³/mol. The Bertz CT molecular complexity index is 552. The molecule has 0 bridgehead atoms. The Morgan fingerprint density at radius 2 is 2.29 bits per heavy atom. The summed E-state index contributed by atoms with van der Waals surface area (Å²) in [5, 5.41) is 8.34. The number of ether oxygens (including phenoxy) is 1. The van der Waals surface area contributed by atoms with Gasteiger partial charge in [0.2, 0.25) is 0 Å². The van der Waals surface area contributed by atoms with Crippen LogP contribution < -0.4 is 5.32 Å². The van der Waals surface area contributed by atoms with Gasteiger partial charge in [0, 0.05) is 10.3 Å². The van der Waals surface area contributed by atoms with Gasteiger partial charge in [0.05, 0.1) is 24.8 Å². The number of thiophene rings is 1. The first-order valence-electron chi connectivity index (χ1n) is 7.12. The second kappa shape index (κ2) is 8.14. The molecule has 21 heavy (non-hydrogen) atoms. The zero-order valence-electron chi connectivity index (χ0n) is 12.3. The molecule has 0 spiro atoms. The Balaban J connectivity index is 1.98. The summed E-state index contributed by atoms with van der Waals surface area (Å²) in [5.41, 5.74) is 0.766. The SMILES string of the molecule is CCCC(Nc1nc(CC(=O)OCC)cs1)c1cccs1. The lowest BCUT2D eigenvalue weighted by Gasteiger charge is -2.15. The first kappa shape index (κ1) is 16.0. The smallest absolute Gasteiger partial charge is 0.311 e. The van der Waals surface area contributed by atoms with E-state index in [2.05, 4.69) is 34.7 Å². The lowest BCUT2D eigenvalue weighted by molar-refractivity contribution is -0.142. The van der Waals surface area contributed by atoms with Gasteiger partial charge in [0.1, 0.15) is 0 Å². The molecule has 0 aliphatic rings. The van der Waals surface area contributed by atoms with Gasteiger partial charge in [-0.3, -0.25) is 4.79 Å². The Hall–Kier alpha value is -1.40. The molecule has 1 atom stereocenters. The van der Waals surface area contributed by atoms with Crippen LogP contribution in [0.2, 0.25) is 0 Å². The van der Waals surface area contributed by atoms with E-state index in [9.17, 15) is 4.79 Å². The molecule has 0 saturated carbocycles. The standard InChI is InChI=1S/C15H20N2O2S2/c1-3-6-12(13-7-5-8-20-13)17-15-16-11(10-21-15)9-14(18)19-4-2/h5,7-8,10,12H,3-4,6,9H2,1-2H3,(H,16,17). The van der Waals surface area contributed by atoms with Crippen molar-refractivity contribution in [1.29, 1.82) is 0 Å². The van der Waals surface area contributed by atoms with Gasteiger partial charge >= 0.3 is 5.97 Å². The molecule has 0 radical (unpaired) electrons. The van der Waals surface area contributed by atoms with Gasteiger partial charge in [-0.25, -0.2) is 4.98 Å². The van der Waals surface area contributed by atoms with Crippen LogP contribution in [0.15, 0.2) is 22.9 Å². The summed E-state index contributed by atoms with van der Waals surface area (Å²) >= 11 is 3.29. The molecule has 1 unspecified atom stereocenters. The highest BCUT2D eigenvalue weighted by Gasteiger charge is 2.14. The molecule has 4 nitrogen and oxygen atoms in total. The maximum atomic E-state index is 11.5. The van der Waals surface area contributed by atoms with Gasteiger partial charge in [-0.15, -0.1) is 22.7 Å². The van der Waals surface area contributed by atoms with Crippen molar-refractivity contribution in [3.05, 3.63) is 33.5 Å². The summed E-state index contributed by atoms with van der Waals surface area (Å²) in [6, 6.07) is 4.50. The highest BCUT2D eigenvalue weighted by molar-refractivity contribution is 7.13. The van der Waals surface area contributed by atoms with Crippen LogP contribution >= 0.6 is 22.7 Å². The third kappa shape index (κ3) is 4.82. The summed E-state index contributed by atoms with van der Waals surface area (Å²) in [7, 11) is 0. The molecular weight excluding hydrogens is 304 g/mol. The van der Waals surface area contributed by atoms with Crippen molar-refractivity contribution in [2.24, 2.45) is 0 Å². The average molecular weight is 324 g/mol. The summed E-state index contributed by atoms with van der Waals surface area (Å²) in [5.74, 6) is -0.224. The minimum atomic E-state index is -0.224.